The number of nitrogens with one attached hydrogen (secondary N) is 1. The van der Waals surface area contributed by atoms with E-state index in [1.54, 1.807) is 53.1 Å². The number of aliphatic hydroxyl groups is 1. The van der Waals surface area contributed by atoms with Crippen molar-refractivity contribution in [2.45, 2.75) is 81.8 Å². The van der Waals surface area contributed by atoms with Crippen LogP contribution in [0.4, 0.5) is 5.69 Å². The van der Waals surface area contributed by atoms with Crippen LogP contribution in [-0.2, 0) is 28.7 Å². The molecule has 0 saturated carbocycles. The average Bonchev–Trinajstić information content (AvgIpc) is 3.74. The molecule has 3 heterocycles. The molecule has 10 nitrogen and oxygen atoms in total. The van der Waals surface area contributed by atoms with E-state index in [0.717, 1.165) is 0 Å². The van der Waals surface area contributed by atoms with E-state index in [9.17, 15) is 24.3 Å². The number of benzene rings is 2. The smallest absolute Gasteiger partial charge is 0.313 e. The molecule has 2 bridgehead atoms. The quantitative estimate of drug-likeness (QED) is 0.134. The Kier molecular flexibility index (Phi) is 12.0. The first-order chi connectivity index (χ1) is 23.7. The number of hydrogen-bond acceptors (Lipinski definition) is 7. The average molecular weight is 692 g/mol. The van der Waals surface area contributed by atoms with E-state index in [1.807, 2.05) is 30.3 Å². The number of carbonyl (C=O) groups excluding carboxylic acids is 4. The molecule has 2 aromatic carbocycles. The van der Waals surface area contributed by atoms with Crippen LogP contribution in [0.2, 0.25) is 5.02 Å². The fourth-order valence-electron chi connectivity index (χ4n) is 7.67. The summed E-state index contributed by atoms with van der Waals surface area (Å²) in [6.45, 7) is 9.80. The second-order valence-corrected chi connectivity index (χ2v) is 13.5. The van der Waals surface area contributed by atoms with Crippen LogP contribution in [0.3, 0.4) is 0 Å². The lowest BCUT2D eigenvalue weighted by Crippen LogP contribution is -2.56. The Hall–Kier alpha value is -3.99. The maximum Gasteiger partial charge on any atom is 0.313 e. The van der Waals surface area contributed by atoms with Crippen molar-refractivity contribution in [2.75, 3.05) is 24.6 Å². The van der Waals surface area contributed by atoms with E-state index in [1.165, 1.54) is 0 Å². The second-order valence-electron chi connectivity index (χ2n) is 13.0. The number of anilines is 1. The van der Waals surface area contributed by atoms with Crippen molar-refractivity contribution in [1.29, 1.82) is 0 Å². The van der Waals surface area contributed by atoms with Crippen LogP contribution in [0, 0.1) is 11.8 Å². The number of esters is 1. The van der Waals surface area contributed by atoms with Crippen molar-refractivity contribution in [3.05, 3.63) is 90.5 Å². The first kappa shape index (κ1) is 36.3. The van der Waals surface area contributed by atoms with Crippen LogP contribution in [0.25, 0.3) is 0 Å². The molecule has 7 atom stereocenters. The van der Waals surface area contributed by atoms with Crippen LogP contribution < -0.4 is 10.2 Å². The van der Waals surface area contributed by atoms with E-state index >= 15 is 0 Å². The van der Waals surface area contributed by atoms with Crippen molar-refractivity contribution in [3.63, 3.8) is 0 Å². The van der Waals surface area contributed by atoms with Gasteiger partial charge in [-0.2, -0.15) is 0 Å². The maximum absolute atomic E-state index is 14.7. The molecule has 0 aliphatic carbocycles. The van der Waals surface area contributed by atoms with Gasteiger partial charge in [-0.3, -0.25) is 19.2 Å². The van der Waals surface area contributed by atoms with Crippen molar-refractivity contribution < 1.29 is 33.8 Å². The maximum atomic E-state index is 14.7. The van der Waals surface area contributed by atoms with E-state index in [4.69, 9.17) is 21.1 Å². The molecule has 5 rings (SSSR count). The molecule has 3 fully saturated rings. The van der Waals surface area contributed by atoms with Gasteiger partial charge in [0.05, 0.1) is 24.0 Å². The Morgan fingerprint density at radius 3 is 2.53 bits per heavy atom. The van der Waals surface area contributed by atoms with Crippen LogP contribution >= 0.6 is 11.6 Å². The van der Waals surface area contributed by atoms with Gasteiger partial charge in [-0.25, -0.2) is 0 Å². The molecule has 11 heteroatoms. The van der Waals surface area contributed by atoms with Crippen LogP contribution in [-0.4, -0.2) is 77.2 Å². The molecule has 49 heavy (non-hydrogen) atoms. The molecule has 0 radical (unpaired) electrons. The van der Waals surface area contributed by atoms with Gasteiger partial charge in [-0.15, -0.1) is 13.2 Å². The van der Waals surface area contributed by atoms with Gasteiger partial charge in [0.1, 0.15) is 17.7 Å². The molecule has 3 amide bonds. The highest BCUT2D eigenvalue weighted by Gasteiger charge is 2.75. The highest BCUT2D eigenvalue weighted by Crippen LogP contribution is 2.59. The van der Waals surface area contributed by atoms with Gasteiger partial charge in [0.25, 0.3) is 5.91 Å². The molecule has 2 aromatic rings. The Balaban J connectivity index is 1.46. The molecule has 3 saturated heterocycles. The predicted octanol–water partition coefficient (Wildman–Crippen LogP) is 5.15. The van der Waals surface area contributed by atoms with Crippen LogP contribution in [0.5, 0.6) is 0 Å². The molecular formula is C38H46ClN3O7. The third-order valence-electron chi connectivity index (χ3n) is 9.87. The van der Waals surface area contributed by atoms with Gasteiger partial charge in [0.15, 0.2) is 0 Å². The molecule has 1 spiro atoms. The Morgan fingerprint density at radius 1 is 1.12 bits per heavy atom. The Bertz CT molecular complexity index is 1520. The van der Waals surface area contributed by atoms with Gasteiger partial charge in [-0.05, 0) is 75.3 Å². The third kappa shape index (κ3) is 7.46. The monoisotopic (exact) mass is 691 g/mol. The van der Waals surface area contributed by atoms with Crippen LogP contribution in [0.15, 0.2) is 79.9 Å². The Labute approximate surface area is 293 Å². The predicted molar refractivity (Wildman–Crippen MR) is 187 cm³/mol. The van der Waals surface area contributed by atoms with E-state index in [2.05, 4.69) is 18.5 Å². The summed E-state index contributed by atoms with van der Waals surface area (Å²) in [7, 11) is 0. The summed E-state index contributed by atoms with van der Waals surface area (Å²) in [5.74, 6) is -3.29. The molecule has 0 unspecified atom stereocenters. The fraction of sp³-hybridized carbons (Fsp3) is 0.474. The number of likely N-dealkylation sites (tertiary alicyclic amines) is 1. The summed E-state index contributed by atoms with van der Waals surface area (Å²) in [6, 6.07) is 14.5. The standard InChI is InChI=1S/C38H46ClN3O7/c1-4-6-15-30(44)40-25(3)33(26-13-9-7-10-14-26)48-37(47)31-29-20-21-38(49-29)32(31)35(45)42(23-11-8-12-24-43)34(38)36(46)41(22-5-2)28-18-16-27(39)17-19-28/h4-5,7,9-10,13-14,16-19,25,29,31-34,43H,1-2,6,8,11-12,15,20-24H2,3H3,(H,40,44)/t25-,29-,31+,32+,33-,34-,38+/m1/s1. The van der Waals surface area contributed by atoms with Crippen molar-refractivity contribution in [1.82, 2.24) is 10.2 Å². The zero-order valence-electron chi connectivity index (χ0n) is 28.0. The lowest BCUT2D eigenvalue weighted by atomic mass is 9.70. The van der Waals surface area contributed by atoms with Gasteiger partial charge in [-0.1, -0.05) is 54.1 Å². The number of fused-ring (bicyclic) bond motifs is 1. The number of allylic oxidation sites excluding steroid dienone is 1. The summed E-state index contributed by atoms with van der Waals surface area (Å²) in [5.41, 5.74) is 0.0728. The number of hydrogen-bond donors (Lipinski definition) is 2. The normalized spacial score (nSPS) is 25.0. The van der Waals surface area contributed by atoms with Crippen molar-refractivity contribution in [2.24, 2.45) is 11.8 Å². The first-order valence-electron chi connectivity index (χ1n) is 17.1. The number of nitrogens with zero attached hydrogens (tertiary/aromatic N) is 2. The second kappa shape index (κ2) is 16.1. The minimum atomic E-state index is -1.22. The van der Waals surface area contributed by atoms with Gasteiger partial charge in [0.2, 0.25) is 11.8 Å². The number of ether oxygens (including phenoxy) is 2. The van der Waals surface area contributed by atoms with E-state index in [0.29, 0.717) is 54.8 Å². The first-order valence-corrected chi connectivity index (χ1v) is 17.5. The Morgan fingerprint density at radius 2 is 1.86 bits per heavy atom. The zero-order valence-corrected chi connectivity index (χ0v) is 28.7. The molecule has 0 aromatic heterocycles. The van der Waals surface area contributed by atoms with Gasteiger partial charge in [0, 0.05) is 36.8 Å². The SMILES string of the molecule is C=CCCC(=O)N[C@H](C)[C@@H](OC(=O)[C@@H]1[C@H]2C(=O)N(CCCCCO)[C@H](C(=O)N(CC=C)c3ccc(Cl)cc3)[C@]23CC[C@H]1O3)c1ccccc1. The van der Waals surface area contributed by atoms with E-state index in [-0.39, 0.29) is 43.8 Å². The number of halogens is 1. The van der Waals surface area contributed by atoms with Crippen molar-refractivity contribution in [3.8, 4) is 0 Å². The summed E-state index contributed by atoms with van der Waals surface area (Å²) >= 11 is 6.15. The van der Waals surface area contributed by atoms with Crippen LogP contribution in [0.1, 0.15) is 63.5 Å². The van der Waals surface area contributed by atoms with Crippen molar-refractivity contribution >= 4 is 41.0 Å². The van der Waals surface area contributed by atoms with Gasteiger partial charge < -0.3 is 29.7 Å². The molecule has 2 N–H and O–H groups in total. The fourth-order valence-corrected chi connectivity index (χ4v) is 7.80. The lowest BCUT2D eigenvalue weighted by molar-refractivity contribution is -0.162. The summed E-state index contributed by atoms with van der Waals surface area (Å²) < 4.78 is 12.9. The largest absolute Gasteiger partial charge is 0.455 e. The number of aliphatic hydroxyl groups excluding tert-OH is 1. The number of rotatable bonds is 17. The third-order valence-corrected chi connectivity index (χ3v) is 10.1. The highest BCUT2D eigenvalue weighted by atomic mass is 35.5. The summed E-state index contributed by atoms with van der Waals surface area (Å²) in [5, 5.41) is 12.8. The number of carbonyl (C=O) groups is 4. The molecular weight excluding hydrogens is 646 g/mol. The topological polar surface area (TPSA) is 125 Å². The molecule has 3 aliphatic heterocycles. The minimum absolute atomic E-state index is 0.0287. The summed E-state index contributed by atoms with van der Waals surface area (Å²) in [6.07, 6.45) is 5.34. The highest BCUT2D eigenvalue weighted by molar-refractivity contribution is 6.30. The zero-order chi connectivity index (χ0) is 35.1. The minimum Gasteiger partial charge on any atom is -0.455 e. The van der Waals surface area contributed by atoms with Gasteiger partial charge >= 0.3 is 5.97 Å². The number of unbranched alkanes of at least 4 members (excludes halogenated alkanes) is 2. The number of amides is 3. The molecule has 262 valence electrons. The summed E-state index contributed by atoms with van der Waals surface area (Å²) in [4.78, 5) is 59.2. The molecule has 3 aliphatic rings. The van der Waals surface area contributed by atoms with E-state index < -0.39 is 47.7 Å². The lowest BCUT2D eigenvalue weighted by Gasteiger charge is -2.37.